The Bertz CT molecular complexity index is 317. The molecular formula is C13H23NO4. The lowest BCUT2D eigenvalue weighted by Crippen LogP contribution is -2.48. The Labute approximate surface area is 109 Å². The SMILES string of the molecule is C=CC(C)(OC(=O)N(C(C)C)C(C)C)C(=O)OC. The Morgan fingerprint density at radius 1 is 1.22 bits per heavy atom. The van der Waals surface area contributed by atoms with E-state index < -0.39 is 17.7 Å². The third-order valence-electron chi connectivity index (χ3n) is 2.60. The highest BCUT2D eigenvalue weighted by molar-refractivity contribution is 5.84. The number of nitrogens with zero attached hydrogens (tertiary/aromatic N) is 1. The van der Waals surface area contributed by atoms with Crippen molar-refractivity contribution in [3.05, 3.63) is 12.7 Å². The van der Waals surface area contributed by atoms with Crippen LogP contribution in [0.15, 0.2) is 12.7 Å². The van der Waals surface area contributed by atoms with E-state index in [1.807, 2.05) is 27.7 Å². The lowest BCUT2D eigenvalue weighted by molar-refractivity contribution is -0.157. The fourth-order valence-corrected chi connectivity index (χ4v) is 1.62. The monoisotopic (exact) mass is 257 g/mol. The van der Waals surface area contributed by atoms with Gasteiger partial charge in [-0.3, -0.25) is 0 Å². The Hall–Kier alpha value is -1.52. The van der Waals surface area contributed by atoms with E-state index in [9.17, 15) is 9.59 Å². The van der Waals surface area contributed by atoms with Crippen molar-refractivity contribution in [2.75, 3.05) is 7.11 Å². The van der Waals surface area contributed by atoms with Gasteiger partial charge in [0.15, 0.2) is 0 Å². The largest absolute Gasteiger partial charge is 0.466 e. The quantitative estimate of drug-likeness (QED) is 0.560. The average Bonchev–Trinajstić information content (AvgIpc) is 2.26. The topological polar surface area (TPSA) is 55.8 Å². The molecule has 0 saturated carbocycles. The number of carbonyl (C=O) groups excluding carboxylic acids is 2. The van der Waals surface area contributed by atoms with E-state index in [-0.39, 0.29) is 12.1 Å². The molecule has 1 amide bonds. The molecule has 0 radical (unpaired) electrons. The van der Waals surface area contributed by atoms with Crippen LogP contribution in [0.3, 0.4) is 0 Å². The van der Waals surface area contributed by atoms with Crippen molar-refractivity contribution < 1.29 is 19.1 Å². The lowest BCUT2D eigenvalue weighted by Gasteiger charge is -2.33. The minimum absolute atomic E-state index is 0.0239. The van der Waals surface area contributed by atoms with Crippen LogP contribution in [0.4, 0.5) is 4.79 Å². The molecule has 0 aliphatic rings. The maximum atomic E-state index is 12.1. The van der Waals surface area contributed by atoms with Gasteiger partial charge in [-0.2, -0.15) is 0 Å². The van der Waals surface area contributed by atoms with Gasteiger partial charge in [-0.25, -0.2) is 9.59 Å². The Kier molecular flexibility index (Phi) is 5.88. The van der Waals surface area contributed by atoms with E-state index in [1.54, 1.807) is 4.90 Å². The second kappa shape index (κ2) is 6.42. The summed E-state index contributed by atoms with van der Waals surface area (Å²) in [5, 5.41) is 0. The van der Waals surface area contributed by atoms with Crippen molar-refractivity contribution >= 4 is 12.1 Å². The molecule has 0 aromatic rings. The molecule has 0 N–H and O–H groups in total. The second-order valence-corrected chi connectivity index (χ2v) is 4.77. The van der Waals surface area contributed by atoms with Crippen molar-refractivity contribution in [1.82, 2.24) is 4.90 Å². The maximum Gasteiger partial charge on any atom is 0.411 e. The fourth-order valence-electron chi connectivity index (χ4n) is 1.62. The second-order valence-electron chi connectivity index (χ2n) is 4.77. The molecule has 0 bridgehead atoms. The van der Waals surface area contributed by atoms with Crippen LogP contribution in [0.2, 0.25) is 0 Å². The smallest absolute Gasteiger partial charge is 0.411 e. The summed E-state index contributed by atoms with van der Waals surface area (Å²) in [7, 11) is 1.24. The molecule has 5 nitrogen and oxygen atoms in total. The Morgan fingerprint density at radius 2 is 1.67 bits per heavy atom. The van der Waals surface area contributed by atoms with E-state index in [2.05, 4.69) is 11.3 Å². The molecular weight excluding hydrogens is 234 g/mol. The first-order valence-electron chi connectivity index (χ1n) is 5.93. The molecule has 1 atom stereocenters. The predicted octanol–water partition coefficient (Wildman–Crippen LogP) is 2.36. The standard InChI is InChI=1S/C13H23NO4/c1-8-13(6,11(15)17-7)18-12(16)14(9(2)3)10(4)5/h8-10H,1H2,2-7H3. The summed E-state index contributed by atoms with van der Waals surface area (Å²) in [6, 6.07) is -0.0478. The summed E-state index contributed by atoms with van der Waals surface area (Å²) >= 11 is 0. The molecule has 5 heteroatoms. The van der Waals surface area contributed by atoms with Crippen molar-refractivity contribution in [3.8, 4) is 0 Å². The highest BCUT2D eigenvalue weighted by Gasteiger charge is 2.37. The average molecular weight is 257 g/mol. The molecule has 0 heterocycles. The van der Waals surface area contributed by atoms with Gasteiger partial charge in [0.1, 0.15) is 0 Å². The van der Waals surface area contributed by atoms with E-state index in [4.69, 9.17) is 4.74 Å². The molecule has 0 rings (SSSR count). The van der Waals surface area contributed by atoms with Gasteiger partial charge in [-0.15, -0.1) is 0 Å². The van der Waals surface area contributed by atoms with Gasteiger partial charge in [0, 0.05) is 12.1 Å². The number of hydrogen-bond donors (Lipinski definition) is 0. The molecule has 0 aromatic heterocycles. The molecule has 0 aromatic carbocycles. The third kappa shape index (κ3) is 3.75. The normalized spacial score (nSPS) is 14.0. The molecule has 0 aliphatic carbocycles. The van der Waals surface area contributed by atoms with E-state index in [0.29, 0.717) is 0 Å². The zero-order chi connectivity index (χ0) is 14.5. The fraction of sp³-hybridized carbons (Fsp3) is 0.692. The van der Waals surface area contributed by atoms with Crippen molar-refractivity contribution in [2.45, 2.75) is 52.3 Å². The van der Waals surface area contributed by atoms with Gasteiger partial charge in [0.05, 0.1) is 7.11 Å². The number of carbonyl (C=O) groups is 2. The zero-order valence-corrected chi connectivity index (χ0v) is 12.0. The minimum atomic E-state index is -1.46. The van der Waals surface area contributed by atoms with Crippen LogP contribution in [0.1, 0.15) is 34.6 Å². The number of amides is 1. The number of hydrogen-bond acceptors (Lipinski definition) is 4. The van der Waals surface area contributed by atoms with Crippen LogP contribution in [0.5, 0.6) is 0 Å². The van der Waals surface area contributed by atoms with Gasteiger partial charge in [0.25, 0.3) is 0 Å². The van der Waals surface area contributed by atoms with Crippen LogP contribution in [-0.4, -0.2) is 41.8 Å². The van der Waals surface area contributed by atoms with E-state index >= 15 is 0 Å². The molecule has 18 heavy (non-hydrogen) atoms. The summed E-state index contributed by atoms with van der Waals surface area (Å²) in [6.45, 7) is 12.5. The van der Waals surface area contributed by atoms with Crippen LogP contribution < -0.4 is 0 Å². The van der Waals surface area contributed by atoms with Crippen molar-refractivity contribution in [3.63, 3.8) is 0 Å². The van der Waals surface area contributed by atoms with Crippen LogP contribution >= 0.6 is 0 Å². The number of rotatable bonds is 5. The Balaban J connectivity index is 5.01. The van der Waals surface area contributed by atoms with Gasteiger partial charge in [-0.05, 0) is 40.7 Å². The summed E-state index contributed by atoms with van der Waals surface area (Å²) in [6.07, 6.45) is 0.697. The highest BCUT2D eigenvalue weighted by atomic mass is 16.6. The molecule has 0 spiro atoms. The maximum absolute atomic E-state index is 12.1. The van der Waals surface area contributed by atoms with Gasteiger partial charge >= 0.3 is 12.1 Å². The summed E-state index contributed by atoms with van der Waals surface area (Å²) in [4.78, 5) is 25.2. The molecule has 0 aliphatic heterocycles. The first-order chi connectivity index (χ1) is 8.19. The lowest BCUT2D eigenvalue weighted by atomic mass is 10.1. The summed E-state index contributed by atoms with van der Waals surface area (Å²) in [5.74, 6) is -0.654. The molecule has 1 unspecified atom stereocenters. The van der Waals surface area contributed by atoms with Crippen molar-refractivity contribution in [1.29, 1.82) is 0 Å². The number of ether oxygens (including phenoxy) is 2. The minimum Gasteiger partial charge on any atom is -0.466 e. The third-order valence-corrected chi connectivity index (χ3v) is 2.60. The first-order valence-corrected chi connectivity index (χ1v) is 5.93. The molecule has 104 valence electrons. The molecule has 0 fully saturated rings. The number of esters is 1. The van der Waals surface area contributed by atoms with E-state index in [1.165, 1.54) is 20.1 Å². The molecule has 0 saturated heterocycles. The van der Waals surface area contributed by atoms with E-state index in [0.717, 1.165) is 0 Å². The predicted molar refractivity (Wildman–Crippen MR) is 69.2 cm³/mol. The first kappa shape index (κ1) is 16.5. The van der Waals surface area contributed by atoms with Crippen molar-refractivity contribution in [2.24, 2.45) is 0 Å². The number of methoxy groups -OCH3 is 1. The van der Waals surface area contributed by atoms with Crippen LogP contribution in [0.25, 0.3) is 0 Å². The van der Waals surface area contributed by atoms with Gasteiger partial charge < -0.3 is 14.4 Å². The summed E-state index contributed by atoms with van der Waals surface area (Å²) < 4.78 is 9.82. The highest BCUT2D eigenvalue weighted by Crippen LogP contribution is 2.18. The van der Waals surface area contributed by atoms with Crippen LogP contribution in [-0.2, 0) is 14.3 Å². The zero-order valence-electron chi connectivity index (χ0n) is 12.0. The van der Waals surface area contributed by atoms with Gasteiger partial charge in [-0.1, -0.05) is 6.58 Å². The van der Waals surface area contributed by atoms with Gasteiger partial charge in [0.2, 0.25) is 5.60 Å². The summed E-state index contributed by atoms with van der Waals surface area (Å²) in [5.41, 5.74) is -1.46. The Morgan fingerprint density at radius 3 is 1.94 bits per heavy atom. The van der Waals surface area contributed by atoms with Crippen LogP contribution in [0, 0.1) is 0 Å².